The fraction of sp³-hybridized carbons (Fsp3) is 0.235. The molecule has 3 heterocycles. The summed E-state index contributed by atoms with van der Waals surface area (Å²) in [5, 5.41) is 5.75. The highest BCUT2D eigenvalue weighted by molar-refractivity contribution is 7.88. The SMILES string of the molecule is CS(=O)(=O)N1CCc2nc(NC(=O)c3csc(-c4ccccc4)n3)sc2C1. The molecule has 0 unspecified atom stereocenters. The van der Waals surface area contributed by atoms with Crippen LogP contribution in [0.2, 0.25) is 0 Å². The van der Waals surface area contributed by atoms with E-state index in [0.717, 1.165) is 21.1 Å². The Hall–Kier alpha value is -2.14. The average molecular weight is 421 g/mol. The smallest absolute Gasteiger partial charge is 0.276 e. The van der Waals surface area contributed by atoms with Crippen LogP contribution in [-0.4, -0.2) is 41.4 Å². The van der Waals surface area contributed by atoms with Crippen molar-refractivity contribution in [1.82, 2.24) is 14.3 Å². The molecule has 10 heteroatoms. The molecule has 0 fully saturated rings. The molecule has 0 spiro atoms. The number of rotatable bonds is 4. The van der Waals surface area contributed by atoms with Gasteiger partial charge in [0.15, 0.2) is 5.13 Å². The van der Waals surface area contributed by atoms with Gasteiger partial charge in [0, 0.05) is 35.3 Å². The maximum absolute atomic E-state index is 12.5. The average Bonchev–Trinajstić information content (AvgIpc) is 3.27. The number of carbonyl (C=O) groups excluding carboxylic acids is 1. The summed E-state index contributed by atoms with van der Waals surface area (Å²) in [7, 11) is -3.23. The maximum atomic E-state index is 12.5. The van der Waals surface area contributed by atoms with Gasteiger partial charge in [0.05, 0.1) is 11.9 Å². The second kappa shape index (κ2) is 7.12. The van der Waals surface area contributed by atoms with Gasteiger partial charge in [-0.05, 0) is 0 Å². The molecular weight excluding hydrogens is 404 g/mol. The Kier molecular flexibility index (Phi) is 4.81. The first-order valence-corrected chi connectivity index (χ1v) is 11.7. The number of thiazole rings is 2. The first-order chi connectivity index (χ1) is 12.9. The van der Waals surface area contributed by atoms with Crippen molar-refractivity contribution < 1.29 is 13.2 Å². The van der Waals surface area contributed by atoms with Crippen LogP contribution in [-0.2, 0) is 23.0 Å². The minimum atomic E-state index is -3.23. The summed E-state index contributed by atoms with van der Waals surface area (Å²) in [6.07, 6.45) is 1.75. The fourth-order valence-electron chi connectivity index (χ4n) is 2.76. The minimum absolute atomic E-state index is 0.302. The van der Waals surface area contributed by atoms with Crippen molar-refractivity contribution >= 4 is 43.7 Å². The third kappa shape index (κ3) is 3.93. The molecule has 4 rings (SSSR count). The van der Waals surface area contributed by atoms with Crippen LogP contribution in [0.4, 0.5) is 5.13 Å². The summed E-state index contributed by atoms with van der Waals surface area (Å²) < 4.78 is 24.9. The number of aromatic nitrogens is 2. The highest BCUT2D eigenvalue weighted by Crippen LogP contribution is 2.30. The van der Waals surface area contributed by atoms with Gasteiger partial charge in [0.1, 0.15) is 10.7 Å². The second-order valence-corrected chi connectivity index (χ2v) is 10.0. The molecule has 1 N–H and O–H groups in total. The normalized spacial score (nSPS) is 14.7. The van der Waals surface area contributed by atoms with Crippen molar-refractivity contribution in [3.63, 3.8) is 0 Å². The van der Waals surface area contributed by atoms with Gasteiger partial charge in [-0.3, -0.25) is 10.1 Å². The molecule has 1 aliphatic heterocycles. The zero-order valence-electron chi connectivity index (χ0n) is 14.4. The molecule has 7 nitrogen and oxygen atoms in total. The van der Waals surface area contributed by atoms with Crippen LogP contribution < -0.4 is 5.32 Å². The highest BCUT2D eigenvalue weighted by atomic mass is 32.2. The number of nitrogens with zero attached hydrogens (tertiary/aromatic N) is 3. The van der Waals surface area contributed by atoms with E-state index in [9.17, 15) is 13.2 Å². The summed E-state index contributed by atoms with van der Waals surface area (Å²) >= 11 is 2.72. The van der Waals surface area contributed by atoms with Gasteiger partial charge in [0.2, 0.25) is 10.0 Å². The molecule has 0 saturated heterocycles. The van der Waals surface area contributed by atoms with Gasteiger partial charge < -0.3 is 0 Å². The van der Waals surface area contributed by atoms with Crippen LogP contribution in [0.1, 0.15) is 21.1 Å². The number of sulfonamides is 1. The summed E-state index contributed by atoms with van der Waals surface area (Å²) in [4.78, 5) is 22.2. The van der Waals surface area contributed by atoms with Crippen molar-refractivity contribution in [3.8, 4) is 10.6 Å². The van der Waals surface area contributed by atoms with E-state index in [-0.39, 0.29) is 5.91 Å². The van der Waals surface area contributed by atoms with Crippen LogP contribution in [0.25, 0.3) is 10.6 Å². The summed E-state index contributed by atoms with van der Waals surface area (Å²) in [5.74, 6) is -0.320. The summed E-state index contributed by atoms with van der Waals surface area (Å²) in [5.41, 5.74) is 2.15. The second-order valence-electron chi connectivity index (χ2n) is 6.09. The molecule has 0 atom stereocenters. The molecule has 0 aliphatic carbocycles. The lowest BCUT2D eigenvalue weighted by atomic mass is 10.2. The van der Waals surface area contributed by atoms with Gasteiger partial charge in [-0.2, -0.15) is 4.31 Å². The zero-order valence-corrected chi connectivity index (χ0v) is 16.8. The first kappa shape index (κ1) is 18.2. The Labute approximate surface area is 164 Å². The standard InChI is InChI=1S/C17H16N4O3S3/c1-27(23,24)21-8-7-12-14(9-21)26-17(19-12)20-15(22)13-10-25-16(18-13)11-5-3-2-4-6-11/h2-6,10H,7-9H2,1H3,(H,19,20,22). The van der Waals surface area contributed by atoms with Crippen molar-refractivity contribution in [1.29, 1.82) is 0 Å². The number of hydrogen-bond acceptors (Lipinski definition) is 7. The maximum Gasteiger partial charge on any atom is 0.276 e. The predicted octanol–water partition coefficient (Wildman–Crippen LogP) is 2.84. The molecule has 0 radical (unpaired) electrons. The fourth-order valence-corrected chi connectivity index (χ4v) is 5.45. The molecule has 1 amide bonds. The van der Waals surface area contributed by atoms with Crippen LogP contribution in [0.15, 0.2) is 35.7 Å². The lowest BCUT2D eigenvalue weighted by molar-refractivity contribution is 0.102. The number of nitrogens with one attached hydrogen (secondary N) is 1. The van der Waals surface area contributed by atoms with E-state index in [2.05, 4.69) is 15.3 Å². The molecule has 140 valence electrons. The van der Waals surface area contributed by atoms with Gasteiger partial charge in [-0.15, -0.1) is 22.7 Å². The quantitative estimate of drug-likeness (QED) is 0.701. The van der Waals surface area contributed by atoms with Crippen LogP contribution in [0.3, 0.4) is 0 Å². The Bertz CT molecular complexity index is 1090. The van der Waals surface area contributed by atoms with Crippen LogP contribution in [0.5, 0.6) is 0 Å². The molecule has 27 heavy (non-hydrogen) atoms. The Morgan fingerprint density at radius 1 is 1.22 bits per heavy atom. The predicted molar refractivity (Wildman–Crippen MR) is 107 cm³/mol. The lowest BCUT2D eigenvalue weighted by Crippen LogP contribution is -2.34. The van der Waals surface area contributed by atoms with Crippen molar-refractivity contribution in [2.75, 3.05) is 18.1 Å². The van der Waals surface area contributed by atoms with E-state index >= 15 is 0 Å². The number of carbonyl (C=O) groups is 1. The lowest BCUT2D eigenvalue weighted by Gasteiger charge is -2.23. The van der Waals surface area contributed by atoms with Gasteiger partial charge in [0.25, 0.3) is 5.91 Å². The third-order valence-corrected chi connectivity index (χ3v) is 7.28. The molecule has 1 aliphatic rings. The van der Waals surface area contributed by atoms with E-state index in [1.54, 1.807) is 5.38 Å². The zero-order chi connectivity index (χ0) is 19.0. The molecule has 1 aromatic carbocycles. The highest BCUT2D eigenvalue weighted by Gasteiger charge is 2.26. The van der Waals surface area contributed by atoms with Crippen molar-refractivity contribution in [2.45, 2.75) is 13.0 Å². The summed E-state index contributed by atoms with van der Waals surface area (Å²) in [6, 6.07) is 9.68. The Balaban J connectivity index is 1.49. The van der Waals surface area contributed by atoms with E-state index in [1.165, 1.54) is 33.2 Å². The number of anilines is 1. The first-order valence-electron chi connectivity index (χ1n) is 8.16. The third-order valence-electron chi connectivity index (χ3n) is 4.14. The number of amides is 1. The molecule has 0 saturated carbocycles. The Morgan fingerprint density at radius 2 is 2.00 bits per heavy atom. The van der Waals surface area contributed by atoms with Crippen molar-refractivity contribution in [2.24, 2.45) is 0 Å². The molecule has 2 aromatic heterocycles. The topological polar surface area (TPSA) is 92.3 Å². The number of hydrogen-bond donors (Lipinski definition) is 1. The largest absolute Gasteiger partial charge is 0.296 e. The number of benzene rings is 1. The minimum Gasteiger partial charge on any atom is -0.296 e. The van der Waals surface area contributed by atoms with E-state index in [4.69, 9.17) is 0 Å². The monoisotopic (exact) mass is 420 g/mol. The Morgan fingerprint density at radius 3 is 2.74 bits per heavy atom. The van der Waals surface area contributed by atoms with Gasteiger partial charge >= 0.3 is 0 Å². The van der Waals surface area contributed by atoms with E-state index in [0.29, 0.717) is 30.3 Å². The van der Waals surface area contributed by atoms with E-state index < -0.39 is 10.0 Å². The van der Waals surface area contributed by atoms with Gasteiger partial charge in [-0.1, -0.05) is 30.3 Å². The molecular formula is C17H16N4O3S3. The van der Waals surface area contributed by atoms with Gasteiger partial charge in [-0.25, -0.2) is 18.4 Å². The van der Waals surface area contributed by atoms with Crippen molar-refractivity contribution in [3.05, 3.63) is 52.0 Å². The van der Waals surface area contributed by atoms with Crippen LogP contribution in [0, 0.1) is 0 Å². The van der Waals surface area contributed by atoms with Crippen LogP contribution >= 0.6 is 22.7 Å². The van der Waals surface area contributed by atoms with E-state index in [1.807, 2.05) is 30.3 Å². The number of fused-ring (bicyclic) bond motifs is 1. The molecule has 3 aromatic rings. The molecule has 0 bridgehead atoms. The summed E-state index contributed by atoms with van der Waals surface area (Å²) in [6.45, 7) is 0.714.